The Balaban J connectivity index is 1.36. The third-order valence-corrected chi connectivity index (χ3v) is 5.52. The summed E-state index contributed by atoms with van der Waals surface area (Å²) in [5.41, 5.74) is 0.639. The molecule has 8 heteroatoms. The summed E-state index contributed by atoms with van der Waals surface area (Å²) < 4.78 is 2.20. The molecule has 7 nitrogen and oxygen atoms in total. The Morgan fingerprint density at radius 2 is 1.88 bits per heavy atom. The molecule has 4 rings (SSSR count). The summed E-state index contributed by atoms with van der Waals surface area (Å²) in [6.45, 7) is 1.78. The largest absolute Gasteiger partial charge is 0.325 e. The number of carbonyl (C=O) groups is 2. The summed E-state index contributed by atoms with van der Waals surface area (Å²) in [6, 6.07) is 8.96. The van der Waals surface area contributed by atoms with E-state index in [1.54, 1.807) is 19.1 Å². The molecule has 0 spiro atoms. The van der Waals surface area contributed by atoms with Crippen LogP contribution in [0.15, 0.2) is 35.5 Å². The van der Waals surface area contributed by atoms with Gasteiger partial charge in [0.1, 0.15) is 5.82 Å². The lowest BCUT2D eigenvalue weighted by Crippen LogP contribution is -2.38. The molecule has 2 N–H and O–H groups in total. The maximum absolute atomic E-state index is 12.3. The second kappa shape index (κ2) is 7.11. The van der Waals surface area contributed by atoms with Crippen LogP contribution in [-0.4, -0.2) is 32.0 Å². The highest BCUT2D eigenvalue weighted by Crippen LogP contribution is 2.46. The molecule has 1 unspecified atom stereocenters. The molecule has 136 valence electrons. The molecule has 3 amide bonds. The Morgan fingerprint density at radius 3 is 2.54 bits per heavy atom. The Morgan fingerprint density at radius 1 is 1.15 bits per heavy atom. The lowest BCUT2D eigenvalue weighted by atomic mass is 10.3. The first kappa shape index (κ1) is 17.1. The standard InChI is InChI=1S/C18H21N5O2S/c1-11(16(24)20-17(25)19-13-5-3-2-4-6-13)26-18-22-21-15(12-7-8-12)23(18)14-9-10-14/h2-6,11-12,14H,7-10H2,1H3,(H2,19,20,24,25). The van der Waals surface area contributed by atoms with E-state index >= 15 is 0 Å². The summed E-state index contributed by atoms with van der Waals surface area (Å²) in [7, 11) is 0. The zero-order valence-electron chi connectivity index (χ0n) is 14.5. The van der Waals surface area contributed by atoms with Crippen molar-refractivity contribution >= 4 is 29.4 Å². The zero-order valence-corrected chi connectivity index (χ0v) is 15.3. The van der Waals surface area contributed by atoms with E-state index in [4.69, 9.17) is 0 Å². The third kappa shape index (κ3) is 3.90. The minimum atomic E-state index is -0.532. The van der Waals surface area contributed by atoms with Crippen molar-refractivity contribution in [2.75, 3.05) is 5.32 Å². The normalized spacial score (nSPS) is 17.6. The van der Waals surface area contributed by atoms with Crippen molar-refractivity contribution < 1.29 is 9.59 Å². The molecule has 0 radical (unpaired) electrons. The van der Waals surface area contributed by atoms with Crippen molar-refractivity contribution in [3.8, 4) is 0 Å². The van der Waals surface area contributed by atoms with Gasteiger partial charge in [-0.3, -0.25) is 10.1 Å². The number of anilines is 1. The fourth-order valence-electron chi connectivity index (χ4n) is 2.77. The van der Waals surface area contributed by atoms with E-state index < -0.39 is 11.3 Å². The molecule has 2 aliphatic carbocycles. The number of nitrogens with one attached hydrogen (secondary N) is 2. The molecular weight excluding hydrogens is 350 g/mol. The van der Waals surface area contributed by atoms with Crippen molar-refractivity contribution in [3.63, 3.8) is 0 Å². The first-order valence-corrected chi connectivity index (χ1v) is 9.78. The highest BCUT2D eigenvalue weighted by molar-refractivity contribution is 8.00. The Hall–Kier alpha value is -2.35. The van der Waals surface area contributed by atoms with Crippen molar-refractivity contribution in [2.24, 2.45) is 0 Å². The minimum Gasteiger partial charge on any atom is -0.308 e. The van der Waals surface area contributed by atoms with E-state index in [0.29, 0.717) is 17.6 Å². The number of imide groups is 1. The molecule has 2 aliphatic rings. The van der Waals surface area contributed by atoms with Crippen LogP contribution in [0.4, 0.5) is 10.5 Å². The van der Waals surface area contributed by atoms with Crippen LogP contribution < -0.4 is 10.6 Å². The van der Waals surface area contributed by atoms with Gasteiger partial charge in [0, 0.05) is 17.6 Å². The van der Waals surface area contributed by atoms with Gasteiger partial charge in [-0.15, -0.1) is 10.2 Å². The molecule has 0 bridgehead atoms. The Labute approximate surface area is 155 Å². The van der Waals surface area contributed by atoms with Crippen LogP contribution in [0.25, 0.3) is 0 Å². The molecule has 2 fully saturated rings. The third-order valence-electron chi connectivity index (χ3n) is 4.47. The van der Waals surface area contributed by atoms with Crippen molar-refractivity contribution in [1.82, 2.24) is 20.1 Å². The van der Waals surface area contributed by atoms with E-state index in [9.17, 15) is 9.59 Å². The monoisotopic (exact) mass is 371 g/mol. The summed E-state index contributed by atoms with van der Waals surface area (Å²) >= 11 is 1.36. The van der Waals surface area contributed by atoms with E-state index in [-0.39, 0.29) is 5.91 Å². The van der Waals surface area contributed by atoms with E-state index in [1.165, 1.54) is 24.6 Å². The van der Waals surface area contributed by atoms with Crippen LogP contribution >= 0.6 is 11.8 Å². The zero-order chi connectivity index (χ0) is 18.1. The molecule has 26 heavy (non-hydrogen) atoms. The summed E-state index contributed by atoms with van der Waals surface area (Å²) in [5.74, 6) is 1.24. The predicted molar refractivity (Wildman–Crippen MR) is 99.2 cm³/mol. The number of urea groups is 1. The fraction of sp³-hybridized carbons (Fsp3) is 0.444. The van der Waals surface area contributed by atoms with E-state index in [1.807, 2.05) is 18.2 Å². The Kier molecular flexibility index (Phi) is 4.67. The molecule has 1 aromatic carbocycles. The van der Waals surface area contributed by atoms with Crippen LogP contribution in [0.5, 0.6) is 0 Å². The summed E-state index contributed by atoms with van der Waals surface area (Å²) in [4.78, 5) is 24.3. The van der Waals surface area contributed by atoms with Gasteiger partial charge in [0.2, 0.25) is 5.91 Å². The van der Waals surface area contributed by atoms with E-state index in [0.717, 1.165) is 23.8 Å². The number of aromatic nitrogens is 3. The van der Waals surface area contributed by atoms with Gasteiger partial charge in [-0.2, -0.15) is 0 Å². The minimum absolute atomic E-state index is 0.346. The number of amides is 3. The van der Waals surface area contributed by atoms with Gasteiger partial charge in [0.25, 0.3) is 0 Å². The number of carbonyl (C=O) groups excluding carboxylic acids is 2. The number of para-hydroxylation sites is 1. The highest BCUT2D eigenvalue weighted by Gasteiger charge is 2.37. The van der Waals surface area contributed by atoms with Crippen LogP contribution in [-0.2, 0) is 4.79 Å². The molecule has 2 aromatic rings. The smallest absolute Gasteiger partial charge is 0.308 e. The quantitative estimate of drug-likeness (QED) is 0.761. The second-order valence-corrected chi connectivity index (χ2v) is 8.09. The number of hydrogen-bond donors (Lipinski definition) is 2. The number of nitrogens with zero attached hydrogens (tertiary/aromatic N) is 3. The van der Waals surface area contributed by atoms with Crippen LogP contribution in [0, 0.1) is 0 Å². The summed E-state index contributed by atoms with van der Waals surface area (Å²) in [5, 5.41) is 14.0. The molecule has 1 heterocycles. The lowest BCUT2D eigenvalue weighted by molar-refractivity contribution is -0.119. The first-order valence-electron chi connectivity index (χ1n) is 8.90. The average molecular weight is 371 g/mol. The van der Waals surface area contributed by atoms with Gasteiger partial charge >= 0.3 is 6.03 Å². The topological polar surface area (TPSA) is 88.9 Å². The van der Waals surface area contributed by atoms with Gasteiger partial charge < -0.3 is 9.88 Å². The SMILES string of the molecule is CC(Sc1nnc(C2CC2)n1C1CC1)C(=O)NC(=O)Nc1ccccc1. The molecule has 0 saturated heterocycles. The van der Waals surface area contributed by atoms with Crippen molar-refractivity contribution in [3.05, 3.63) is 36.2 Å². The van der Waals surface area contributed by atoms with Crippen LogP contribution in [0.1, 0.15) is 50.4 Å². The number of benzene rings is 1. The fourth-order valence-corrected chi connectivity index (χ4v) is 3.70. The highest BCUT2D eigenvalue weighted by atomic mass is 32.2. The van der Waals surface area contributed by atoms with Crippen molar-refractivity contribution in [2.45, 2.75) is 55.0 Å². The van der Waals surface area contributed by atoms with Gasteiger partial charge in [-0.05, 0) is 44.7 Å². The molecule has 1 atom stereocenters. The van der Waals surface area contributed by atoms with Gasteiger partial charge in [-0.25, -0.2) is 4.79 Å². The van der Waals surface area contributed by atoms with Gasteiger partial charge in [0.05, 0.1) is 5.25 Å². The molecule has 2 saturated carbocycles. The first-order chi connectivity index (χ1) is 12.6. The number of rotatable bonds is 6. The van der Waals surface area contributed by atoms with E-state index in [2.05, 4.69) is 25.4 Å². The number of hydrogen-bond acceptors (Lipinski definition) is 5. The molecule has 1 aromatic heterocycles. The van der Waals surface area contributed by atoms with Gasteiger partial charge in [-0.1, -0.05) is 30.0 Å². The van der Waals surface area contributed by atoms with Crippen LogP contribution in [0.3, 0.4) is 0 Å². The second-order valence-electron chi connectivity index (χ2n) is 6.79. The maximum Gasteiger partial charge on any atom is 0.325 e. The number of thioether (sulfide) groups is 1. The summed E-state index contributed by atoms with van der Waals surface area (Å²) in [6.07, 6.45) is 4.63. The lowest BCUT2D eigenvalue weighted by Gasteiger charge is -2.13. The molecular formula is C18H21N5O2S. The van der Waals surface area contributed by atoms with Crippen LogP contribution in [0.2, 0.25) is 0 Å². The predicted octanol–water partition coefficient (Wildman–Crippen LogP) is 3.32. The average Bonchev–Trinajstić information content (AvgIpc) is 3.55. The van der Waals surface area contributed by atoms with Crippen molar-refractivity contribution in [1.29, 1.82) is 0 Å². The molecule has 0 aliphatic heterocycles. The van der Waals surface area contributed by atoms with Gasteiger partial charge in [0.15, 0.2) is 5.16 Å². The maximum atomic E-state index is 12.3. The Bertz CT molecular complexity index is 814.